The van der Waals surface area contributed by atoms with E-state index in [9.17, 15) is 9.59 Å². The van der Waals surface area contributed by atoms with E-state index in [0.717, 1.165) is 5.69 Å². The number of carbonyl (C=O) groups excluding carboxylic acids is 2. The van der Waals surface area contributed by atoms with Gasteiger partial charge in [-0.2, -0.15) is 0 Å². The Morgan fingerprint density at radius 3 is 3.06 bits per heavy atom. The zero-order valence-corrected chi connectivity index (χ0v) is 9.06. The van der Waals surface area contributed by atoms with E-state index in [0.29, 0.717) is 18.7 Å². The summed E-state index contributed by atoms with van der Waals surface area (Å²) in [6, 6.07) is 3.40. The minimum atomic E-state index is -0.111. The standard InChI is InChI=1S/C11H13N3O2/c1-8-6-9(2-3-12-8)11(16)14-5-4-13-10(15)7-14/h2-3,6H,4-5,7H2,1H3,(H,13,15). The van der Waals surface area contributed by atoms with Crippen LogP contribution in [0.3, 0.4) is 0 Å². The fourth-order valence-corrected chi connectivity index (χ4v) is 1.67. The molecule has 2 amide bonds. The van der Waals surface area contributed by atoms with E-state index in [2.05, 4.69) is 10.3 Å². The van der Waals surface area contributed by atoms with Crippen molar-refractivity contribution in [2.45, 2.75) is 6.92 Å². The first-order valence-electron chi connectivity index (χ1n) is 5.15. The Kier molecular flexibility index (Phi) is 2.85. The van der Waals surface area contributed by atoms with Crippen molar-refractivity contribution in [2.75, 3.05) is 19.6 Å². The van der Waals surface area contributed by atoms with Crippen LogP contribution in [-0.2, 0) is 4.79 Å². The van der Waals surface area contributed by atoms with Crippen LogP contribution >= 0.6 is 0 Å². The van der Waals surface area contributed by atoms with Crippen molar-refractivity contribution in [1.82, 2.24) is 15.2 Å². The minimum Gasteiger partial charge on any atom is -0.353 e. The molecule has 0 aliphatic carbocycles. The average molecular weight is 219 g/mol. The van der Waals surface area contributed by atoms with Gasteiger partial charge >= 0.3 is 0 Å². The van der Waals surface area contributed by atoms with Gasteiger partial charge in [0, 0.05) is 30.5 Å². The van der Waals surface area contributed by atoms with E-state index >= 15 is 0 Å². The number of hydrogen-bond donors (Lipinski definition) is 1. The van der Waals surface area contributed by atoms with Crippen LogP contribution in [0.25, 0.3) is 0 Å². The largest absolute Gasteiger partial charge is 0.353 e. The van der Waals surface area contributed by atoms with Crippen molar-refractivity contribution in [2.24, 2.45) is 0 Å². The summed E-state index contributed by atoms with van der Waals surface area (Å²) in [5, 5.41) is 2.68. The molecule has 0 aromatic carbocycles. The summed E-state index contributed by atoms with van der Waals surface area (Å²) < 4.78 is 0. The monoisotopic (exact) mass is 219 g/mol. The molecule has 1 saturated heterocycles. The van der Waals surface area contributed by atoms with Crippen LogP contribution in [0.2, 0.25) is 0 Å². The molecular weight excluding hydrogens is 206 g/mol. The lowest BCUT2D eigenvalue weighted by molar-refractivity contribution is -0.123. The topological polar surface area (TPSA) is 62.3 Å². The third-order valence-electron chi connectivity index (χ3n) is 2.47. The van der Waals surface area contributed by atoms with Gasteiger partial charge in [0.2, 0.25) is 5.91 Å². The molecule has 5 heteroatoms. The molecule has 2 heterocycles. The lowest BCUT2D eigenvalue weighted by atomic mass is 10.2. The number of pyridine rings is 1. The summed E-state index contributed by atoms with van der Waals surface area (Å²) in [6.45, 7) is 3.06. The minimum absolute atomic E-state index is 0.106. The highest BCUT2D eigenvalue weighted by Gasteiger charge is 2.22. The van der Waals surface area contributed by atoms with Gasteiger partial charge < -0.3 is 10.2 Å². The van der Waals surface area contributed by atoms with Gasteiger partial charge in [-0.05, 0) is 19.1 Å². The van der Waals surface area contributed by atoms with E-state index in [4.69, 9.17) is 0 Å². The van der Waals surface area contributed by atoms with Crippen LogP contribution in [0, 0.1) is 6.92 Å². The van der Waals surface area contributed by atoms with Gasteiger partial charge in [0.05, 0.1) is 6.54 Å². The molecule has 1 aromatic rings. The Labute approximate surface area is 93.5 Å². The molecular formula is C11H13N3O2. The zero-order chi connectivity index (χ0) is 11.5. The van der Waals surface area contributed by atoms with Gasteiger partial charge in [-0.15, -0.1) is 0 Å². The van der Waals surface area contributed by atoms with E-state index < -0.39 is 0 Å². The lowest BCUT2D eigenvalue weighted by Gasteiger charge is -2.26. The summed E-state index contributed by atoms with van der Waals surface area (Å²) in [6.07, 6.45) is 1.60. The highest BCUT2D eigenvalue weighted by molar-refractivity contribution is 5.97. The third-order valence-corrected chi connectivity index (χ3v) is 2.47. The molecule has 0 unspecified atom stereocenters. The van der Waals surface area contributed by atoms with E-state index in [1.165, 1.54) is 0 Å². The normalized spacial score (nSPS) is 15.8. The number of piperazine rings is 1. The summed E-state index contributed by atoms with van der Waals surface area (Å²) in [5.41, 5.74) is 1.38. The molecule has 1 fully saturated rings. The molecule has 1 aromatic heterocycles. The van der Waals surface area contributed by atoms with Gasteiger partial charge in [0.1, 0.15) is 0 Å². The van der Waals surface area contributed by atoms with Crippen molar-refractivity contribution in [3.05, 3.63) is 29.6 Å². The van der Waals surface area contributed by atoms with Crippen molar-refractivity contribution in [3.63, 3.8) is 0 Å². The first kappa shape index (κ1) is 10.6. The predicted molar refractivity (Wildman–Crippen MR) is 57.9 cm³/mol. The lowest BCUT2D eigenvalue weighted by Crippen LogP contribution is -2.49. The van der Waals surface area contributed by atoms with Gasteiger partial charge in [0.15, 0.2) is 0 Å². The van der Waals surface area contributed by atoms with Crippen molar-refractivity contribution in [1.29, 1.82) is 0 Å². The van der Waals surface area contributed by atoms with Crippen molar-refractivity contribution >= 4 is 11.8 Å². The number of aryl methyl sites for hydroxylation is 1. The molecule has 16 heavy (non-hydrogen) atoms. The van der Waals surface area contributed by atoms with Crippen LogP contribution in [0.1, 0.15) is 16.1 Å². The van der Waals surface area contributed by atoms with Crippen LogP contribution in [0.5, 0.6) is 0 Å². The average Bonchev–Trinajstić information content (AvgIpc) is 2.28. The fraction of sp³-hybridized carbons (Fsp3) is 0.364. The number of carbonyl (C=O) groups is 2. The SMILES string of the molecule is Cc1cc(C(=O)N2CCNC(=O)C2)ccn1. The number of amides is 2. The van der Waals surface area contributed by atoms with Crippen molar-refractivity contribution < 1.29 is 9.59 Å². The fourth-order valence-electron chi connectivity index (χ4n) is 1.67. The second-order valence-electron chi connectivity index (χ2n) is 3.76. The maximum atomic E-state index is 12.0. The van der Waals surface area contributed by atoms with Crippen LogP contribution < -0.4 is 5.32 Å². The first-order chi connectivity index (χ1) is 7.66. The molecule has 1 aliphatic heterocycles. The second-order valence-corrected chi connectivity index (χ2v) is 3.76. The Morgan fingerprint density at radius 1 is 1.56 bits per heavy atom. The maximum Gasteiger partial charge on any atom is 0.254 e. The molecule has 0 atom stereocenters. The highest BCUT2D eigenvalue weighted by Crippen LogP contribution is 2.06. The number of rotatable bonds is 1. The van der Waals surface area contributed by atoms with Crippen LogP contribution in [0.4, 0.5) is 0 Å². The molecule has 0 saturated carbocycles. The van der Waals surface area contributed by atoms with Crippen molar-refractivity contribution in [3.8, 4) is 0 Å². The summed E-state index contributed by atoms with van der Waals surface area (Å²) in [5.74, 6) is -0.217. The summed E-state index contributed by atoms with van der Waals surface area (Å²) >= 11 is 0. The second kappa shape index (κ2) is 4.30. The summed E-state index contributed by atoms with van der Waals surface area (Å²) in [7, 11) is 0. The maximum absolute atomic E-state index is 12.0. The van der Waals surface area contributed by atoms with Crippen LogP contribution in [-0.4, -0.2) is 41.3 Å². The first-order valence-corrected chi connectivity index (χ1v) is 5.15. The molecule has 0 bridgehead atoms. The van der Waals surface area contributed by atoms with Gasteiger partial charge in [-0.25, -0.2) is 0 Å². The molecule has 2 rings (SSSR count). The Morgan fingerprint density at radius 2 is 2.38 bits per heavy atom. The summed E-state index contributed by atoms with van der Waals surface area (Å²) in [4.78, 5) is 28.8. The zero-order valence-electron chi connectivity index (χ0n) is 9.06. The molecule has 0 spiro atoms. The molecule has 1 aliphatic rings. The number of nitrogens with zero attached hydrogens (tertiary/aromatic N) is 2. The molecule has 1 N–H and O–H groups in total. The van der Waals surface area contributed by atoms with E-state index in [1.54, 1.807) is 23.2 Å². The molecule has 84 valence electrons. The van der Waals surface area contributed by atoms with Gasteiger partial charge in [-0.1, -0.05) is 0 Å². The molecule has 5 nitrogen and oxygen atoms in total. The number of aromatic nitrogens is 1. The Balaban J connectivity index is 2.15. The highest BCUT2D eigenvalue weighted by atomic mass is 16.2. The number of hydrogen-bond acceptors (Lipinski definition) is 3. The van der Waals surface area contributed by atoms with Crippen LogP contribution in [0.15, 0.2) is 18.3 Å². The Bertz CT molecular complexity index is 431. The predicted octanol–water partition coefficient (Wildman–Crippen LogP) is -0.0380. The third kappa shape index (κ3) is 2.18. The quantitative estimate of drug-likeness (QED) is 0.721. The Hall–Kier alpha value is -1.91. The van der Waals surface area contributed by atoms with E-state index in [1.807, 2.05) is 6.92 Å². The number of nitrogens with one attached hydrogen (secondary N) is 1. The smallest absolute Gasteiger partial charge is 0.254 e. The molecule has 0 radical (unpaired) electrons. The van der Waals surface area contributed by atoms with E-state index in [-0.39, 0.29) is 18.4 Å². The van der Waals surface area contributed by atoms with Gasteiger partial charge in [-0.3, -0.25) is 14.6 Å². The van der Waals surface area contributed by atoms with Gasteiger partial charge in [0.25, 0.3) is 5.91 Å².